The summed E-state index contributed by atoms with van der Waals surface area (Å²) < 4.78 is 0. The maximum Gasteiger partial charge on any atom is 0.227 e. The zero-order chi connectivity index (χ0) is 15.4. The molecular formula is C17H16N4O. The van der Waals surface area contributed by atoms with Crippen LogP contribution in [0.25, 0.3) is 21.6 Å². The van der Waals surface area contributed by atoms with Gasteiger partial charge in [0.25, 0.3) is 0 Å². The van der Waals surface area contributed by atoms with Gasteiger partial charge in [-0.1, -0.05) is 47.6 Å². The van der Waals surface area contributed by atoms with E-state index in [0.717, 1.165) is 16.8 Å². The first-order valence-corrected chi connectivity index (χ1v) is 7.24. The van der Waals surface area contributed by atoms with E-state index in [0.29, 0.717) is 19.5 Å². The van der Waals surface area contributed by atoms with Gasteiger partial charge in [-0.25, -0.2) is 0 Å². The molecule has 1 amide bonds. The van der Waals surface area contributed by atoms with Crippen molar-refractivity contribution in [2.24, 2.45) is 11.0 Å². The van der Waals surface area contributed by atoms with E-state index in [9.17, 15) is 4.79 Å². The topological polar surface area (TPSA) is 69.1 Å². The molecule has 1 heterocycles. The van der Waals surface area contributed by atoms with Crippen LogP contribution in [0.4, 0.5) is 5.69 Å². The lowest BCUT2D eigenvalue weighted by molar-refractivity contribution is -0.117. The smallest absolute Gasteiger partial charge is 0.227 e. The Morgan fingerprint density at radius 2 is 1.91 bits per heavy atom. The van der Waals surface area contributed by atoms with Crippen molar-refractivity contribution in [1.29, 1.82) is 0 Å². The number of rotatable bonds is 4. The van der Waals surface area contributed by atoms with Gasteiger partial charge in [-0.05, 0) is 34.7 Å². The molecule has 110 valence electrons. The van der Waals surface area contributed by atoms with E-state index in [1.165, 1.54) is 0 Å². The van der Waals surface area contributed by atoms with Crippen LogP contribution >= 0.6 is 0 Å². The highest BCUT2D eigenvalue weighted by Gasteiger charge is 2.30. The van der Waals surface area contributed by atoms with Gasteiger partial charge in [-0.15, -0.1) is 0 Å². The number of carbonyl (C=O) groups excluding carboxylic acids is 1. The van der Waals surface area contributed by atoms with Crippen LogP contribution in [0.3, 0.4) is 0 Å². The molecule has 1 unspecified atom stereocenters. The molecule has 0 spiro atoms. The van der Waals surface area contributed by atoms with Crippen molar-refractivity contribution in [2.75, 3.05) is 18.0 Å². The minimum absolute atomic E-state index is 0.0864. The van der Waals surface area contributed by atoms with E-state index in [1.54, 1.807) is 4.90 Å². The summed E-state index contributed by atoms with van der Waals surface area (Å²) in [6, 6.07) is 18.1. The number of hydrogen-bond acceptors (Lipinski definition) is 2. The molecule has 2 aromatic rings. The van der Waals surface area contributed by atoms with E-state index in [4.69, 9.17) is 5.53 Å². The molecule has 1 aliphatic heterocycles. The van der Waals surface area contributed by atoms with Gasteiger partial charge in [-0.3, -0.25) is 4.79 Å². The van der Waals surface area contributed by atoms with Crippen LogP contribution in [0, 0.1) is 5.92 Å². The number of hydrogen-bond donors (Lipinski definition) is 0. The van der Waals surface area contributed by atoms with Crippen LogP contribution in [0.15, 0.2) is 59.7 Å². The summed E-state index contributed by atoms with van der Waals surface area (Å²) in [7, 11) is 0. The maximum atomic E-state index is 12.2. The molecule has 0 aromatic heterocycles. The molecule has 0 aliphatic carbocycles. The van der Waals surface area contributed by atoms with Gasteiger partial charge >= 0.3 is 0 Å². The summed E-state index contributed by atoms with van der Waals surface area (Å²) in [5, 5.41) is 3.58. The molecule has 0 bridgehead atoms. The Kier molecular flexibility index (Phi) is 4.08. The van der Waals surface area contributed by atoms with E-state index in [2.05, 4.69) is 22.2 Å². The number of benzene rings is 2. The van der Waals surface area contributed by atoms with Gasteiger partial charge in [0.1, 0.15) is 0 Å². The average Bonchev–Trinajstić information content (AvgIpc) is 2.95. The number of nitrogens with zero attached hydrogens (tertiary/aromatic N) is 4. The molecule has 2 aromatic carbocycles. The largest absolute Gasteiger partial charge is 0.312 e. The SMILES string of the molecule is [N-]=[N+]=NCC1CC(=O)N(c2cccc(-c3ccccc3)c2)C1. The molecule has 1 saturated heterocycles. The van der Waals surface area contributed by atoms with E-state index in [1.807, 2.05) is 42.5 Å². The first-order valence-electron chi connectivity index (χ1n) is 7.24. The summed E-state index contributed by atoms with van der Waals surface area (Å²) in [5.74, 6) is 0.187. The van der Waals surface area contributed by atoms with Crippen molar-refractivity contribution in [1.82, 2.24) is 0 Å². The highest BCUT2D eigenvalue weighted by atomic mass is 16.2. The fraction of sp³-hybridized carbons (Fsp3) is 0.235. The Labute approximate surface area is 128 Å². The normalized spacial score (nSPS) is 17.4. The molecule has 1 fully saturated rings. The summed E-state index contributed by atoms with van der Waals surface area (Å²) in [4.78, 5) is 16.7. The summed E-state index contributed by atoms with van der Waals surface area (Å²) in [5.41, 5.74) is 11.5. The molecule has 0 radical (unpaired) electrons. The van der Waals surface area contributed by atoms with E-state index < -0.39 is 0 Å². The Morgan fingerprint density at radius 1 is 1.14 bits per heavy atom. The van der Waals surface area contributed by atoms with Crippen molar-refractivity contribution < 1.29 is 4.79 Å². The lowest BCUT2D eigenvalue weighted by Gasteiger charge is -2.17. The second-order valence-corrected chi connectivity index (χ2v) is 5.40. The van der Waals surface area contributed by atoms with Gasteiger partial charge in [0.05, 0.1) is 0 Å². The maximum absolute atomic E-state index is 12.2. The Balaban J connectivity index is 1.84. The van der Waals surface area contributed by atoms with Crippen LogP contribution < -0.4 is 4.90 Å². The third kappa shape index (κ3) is 2.95. The molecule has 3 rings (SSSR count). The summed E-state index contributed by atoms with van der Waals surface area (Å²) in [6.07, 6.45) is 0.439. The molecule has 22 heavy (non-hydrogen) atoms. The number of anilines is 1. The van der Waals surface area contributed by atoms with Crippen molar-refractivity contribution in [3.8, 4) is 11.1 Å². The molecule has 0 N–H and O–H groups in total. The molecular weight excluding hydrogens is 276 g/mol. The second kappa shape index (κ2) is 6.33. The quantitative estimate of drug-likeness (QED) is 0.476. The predicted molar refractivity (Wildman–Crippen MR) is 86.4 cm³/mol. The standard InChI is InChI=1S/C17H16N4O/c18-20-19-11-13-9-17(22)21(12-13)16-8-4-7-15(10-16)14-5-2-1-3-6-14/h1-8,10,13H,9,11-12H2. The van der Waals surface area contributed by atoms with Crippen molar-refractivity contribution >= 4 is 11.6 Å². The predicted octanol–water partition coefficient (Wildman–Crippen LogP) is 4.02. The van der Waals surface area contributed by atoms with Gasteiger partial charge in [0.2, 0.25) is 5.91 Å². The van der Waals surface area contributed by atoms with Crippen molar-refractivity contribution in [3.05, 3.63) is 65.0 Å². The summed E-state index contributed by atoms with van der Waals surface area (Å²) in [6.45, 7) is 0.979. The number of amides is 1. The Bertz CT molecular complexity index is 722. The van der Waals surface area contributed by atoms with Crippen LogP contribution in [-0.4, -0.2) is 19.0 Å². The first-order chi connectivity index (χ1) is 10.8. The Hall–Kier alpha value is -2.78. The third-order valence-corrected chi connectivity index (χ3v) is 3.87. The van der Waals surface area contributed by atoms with Crippen LogP contribution in [0.1, 0.15) is 6.42 Å². The van der Waals surface area contributed by atoms with Gasteiger partial charge < -0.3 is 4.90 Å². The molecule has 0 saturated carbocycles. The second-order valence-electron chi connectivity index (χ2n) is 5.40. The number of azide groups is 1. The fourth-order valence-corrected chi connectivity index (χ4v) is 2.79. The average molecular weight is 292 g/mol. The molecule has 1 aliphatic rings. The minimum Gasteiger partial charge on any atom is -0.312 e. The van der Waals surface area contributed by atoms with Crippen LogP contribution in [0.2, 0.25) is 0 Å². The van der Waals surface area contributed by atoms with Crippen molar-refractivity contribution in [3.63, 3.8) is 0 Å². The highest BCUT2D eigenvalue weighted by molar-refractivity contribution is 5.96. The fourth-order valence-electron chi connectivity index (χ4n) is 2.79. The zero-order valence-corrected chi connectivity index (χ0v) is 12.1. The minimum atomic E-state index is 0.0864. The monoisotopic (exact) mass is 292 g/mol. The molecule has 1 atom stereocenters. The first kappa shape index (κ1) is 14.2. The summed E-state index contributed by atoms with van der Waals surface area (Å²) >= 11 is 0. The lowest BCUT2D eigenvalue weighted by atomic mass is 10.1. The van der Waals surface area contributed by atoms with Gasteiger partial charge in [0, 0.05) is 30.1 Å². The lowest BCUT2D eigenvalue weighted by Crippen LogP contribution is -2.24. The van der Waals surface area contributed by atoms with E-state index >= 15 is 0 Å². The van der Waals surface area contributed by atoms with Crippen LogP contribution in [0.5, 0.6) is 0 Å². The zero-order valence-electron chi connectivity index (χ0n) is 12.1. The third-order valence-electron chi connectivity index (χ3n) is 3.87. The van der Waals surface area contributed by atoms with Gasteiger partial charge in [0.15, 0.2) is 0 Å². The van der Waals surface area contributed by atoms with Crippen LogP contribution in [-0.2, 0) is 4.79 Å². The van der Waals surface area contributed by atoms with Crippen molar-refractivity contribution in [2.45, 2.75) is 6.42 Å². The number of carbonyl (C=O) groups is 1. The molecule has 5 heteroatoms. The van der Waals surface area contributed by atoms with E-state index in [-0.39, 0.29) is 11.8 Å². The highest BCUT2D eigenvalue weighted by Crippen LogP contribution is 2.29. The van der Waals surface area contributed by atoms with Gasteiger partial charge in [-0.2, -0.15) is 0 Å². The Morgan fingerprint density at radius 3 is 2.68 bits per heavy atom. The molecule has 5 nitrogen and oxygen atoms in total.